The van der Waals surface area contributed by atoms with Gasteiger partial charge in [0.2, 0.25) is 10.0 Å². The average Bonchev–Trinajstić information content (AvgIpc) is 2.16. The first-order valence-electron chi connectivity index (χ1n) is 5.44. The van der Waals surface area contributed by atoms with Crippen LogP contribution in [0.4, 0.5) is 0 Å². The van der Waals surface area contributed by atoms with E-state index in [0.29, 0.717) is 32.4 Å². The Bertz CT molecular complexity index is 418. The molecule has 0 N–H and O–H groups in total. The molecule has 1 rings (SSSR count). The van der Waals surface area contributed by atoms with Crippen LogP contribution in [0.1, 0.15) is 26.2 Å². The number of sulfonamides is 1. The van der Waals surface area contributed by atoms with Gasteiger partial charge in [0.1, 0.15) is 9.84 Å². The van der Waals surface area contributed by atoms with Gasteiger partial charge in [-0.15, -0.1) is 0 Å². The second-order valence-electron chi connectivity index (χ2n) is 4.24. The van der Waals surface area contributed by atoms with Gasteiger partial charge in [-0.05, 0) is 19.3 Å². The molecule has 5 nitrogen and oxygen atoms in total. The Balaban J connectivity index is 2.63. The predicted molar refractivity (Wildman–Crippen MR) is 63.5 cm³/mol. The molecule has 0 unspecified atom stereocenters. The van der Waals surface area contributed by atoms with Gasteiger partial charge in [0.15, 0.2) is 0 Å². The molecule has 0 aliphatic carbocycles. The van der Waals surface area contributed by atoms with E-state index in [9.17, 15) is 16.8 Å². The Labute approximate surface area is 97.8 Å². The summed E-state index contributed by atoms with van der Waals surface area (Å²) in [6.07, 6.45) is 2.64. The van der Waals surface area contributed by atoms with Crippen LogP contribution in [-0.4, -0.2) is 51.5 Å². The summed E-state index contributed by atoms with van der Waals surface area (Å²) in [7, 11) is -6.19. The Kier molecular flexibility index (Phi) is 4.36. The number of rotatable bonds is 4. The van der Waals surface area contributed by atoms with Crippen LogP contribution in [-0.2, 0) is 19.9 Å². The van der Waals surface area contributed by atoms with Gasteiger partial charge in [-0.3, -0.25) is 0 Å². The standard InChI is InChI=1S/C9H19NO4S2/c1-3-8-16(13,14)10-6-4-9(5-7-10)15(2,11)12/h9H,3-8H2,1-2H3. The Morgan fingerprint density at radius 2 is 1.62 bits per heavy atom. The van der Waals surface area contributed by atoms with E-state index >= 15 is 0 Å². The fraction of sp³-hybridized carbons (Fsp3) is 1.00. The van der Waals surface area contributed by atoms with Crippen LogP contribution in [0.25, 0.3) is 0 Å². The summed E-state index contributed by atoms with van der Waals surface area (Å²) in [4.78, 5) is 0. The number of sulfone groups is 1. The van der Waals surface area contributed by atoms with E-state index in [1.165, 1.54) is 10.6 Å². The normalized spacial score (nSPS) is 21.1. The molecule has 0 aromatic heterocycles. The minimum atomic E-state index is -3.16. The number of hydrogen-bond acceptors (Lipinski definition) is 4. The van der Waals surface area contributed by atoms with E-state index in [2.05, 4.69) is 0 Å². The molecule has 1 aliphatic rings. The summed E-state index contributed by atoms with van der Waals surface area (Å²) in [5.74, 6) is 0.149. The first kappa shape index (κ1) is 13.9. The lowest BCUT2D eigenvalue weighted by Crippen LogP contribution is -2.43. The summed E-state index contributed by atoms with van der Waals surface area (Å²) in [5.41, 5.74) is 0. The Morgan fingerprint density at radius 1 is 1.12 bits per heavy atom. The summed E-state index contributed by atoms with van der Waals surface area (Å²) in [6, 6.07) is 0. The van der Waals surface area contributed by atoms with Crippen LogP contribution in [0.3, 0.4) is 0 Å². The zero-order valence-electron chi connectivity index (χ0n) is 9.72. The lowest BCUT2D eigenvalue weighted by Gasteiger charge is -2.30. The van der Waals surface area contributed by atoms with E-state index in [1.807, 2.05) is 6.92 Å². The quantitative estimate of drug-likeness (QED) is 0.732. The summed E-state index contributed by atoms with van der Waals surface area (Å²) < 4.78 is 47.5. The SMILES string of the molecule is CCCS(=O)(=O)N1CCC(S(C)(=O)=O)CC1. The van der Waals surface area contributed by atoms with E-state index in [1.54, 1.807) is 0 Å². The predicted octanol–water partition coefficient (Wildman–Crippen LogP) is 0.235. The van der Waals surface area contributed by atoms with Gasteiger partial charge in [-0.25, -0.2) is 21.1 Å². The zero-order chi connectivity index (χ0) is 12.4. The van der Waals surface area contributed by atoms with E-state index in [-0.39, 0.29) is 11.0 Å². The maximum absolute atomic E-state index is 11.7. The highest BCUT2D eigenvalue weighted by molar-refractivity contribution is 7.91. The Hall–Kier alpha value is -0.140. The highest BCUT2D eigenvalue weighted by Gasteiger charge is 2.31. The third-order valence-corrected chi connectivity index (χ3v) is 6.62. The molecule has 0 radical (unpaired) electrons. The second kappa shape index (κ2) is 5.01. The molecule has 1 heterocycles. The molecular weight excluding hydrogens is 250 g/mol. The van der Waals surface area contributed by atoms with Crippen molar-refractivity contribution in [3.8, 4) is 0 Å². The number of piperidine rings is 1. The van der Waals surface area contributed by atoms with Crippen LogP contribution in [0.5, 0.6) is 0 Å². The van der Waals surface area contributed by atoms with Crippen LogP contribution in [0.15, 0.2) is 0 Å². The molecule has 0 aromatic rings. The molecule has 7 heteroatoms. The molecule has 0 spiro atoms. The van der Waals surface area contributed by atoms with Gasteiger partial charge >= 0.3 is 0 Å². The van der Waals surface area contributed by atoms with Gasteiger partial charge < -0.3 is 0 Å². The van der Waals surface area contributed by atoms with Crippen molar-refractivity contribution in [1.82, 2.24) is 4.31 Å². The summed E-state index contributed by atoms with van der Waals surface area (Å²) in [5, 5.41) is -0.374. The second-order valence-corrected chi connectivity index (χ2v) is 8.66. The molecule has 0 bridgehead atoms. The number of nitrogens with zero attached hydrogens (tertiary/aromatic N) is 1. The van der Waals surface area contributed by atoms with Crippen LogP contribution in [0.2, 0.25) is 0 Å². The van der Waals surface area contributed by atoms with Gasteiger partial charge in [-0.2, -0.15) is 0 Å². The highest BCUT2D eigenvalue weighted by atomic mass is 32.2. The largest absolute Gasteiger partial charge is 0.229 e. The summed E-state index contributed by atoms with van der Waals surface area (Å²) in [6.45, 7) is 2.49. The molecule has 16 heavy (non-hydrogen) atoms. The first-order chi connectivity index (χ1) is 7.27. The lowest BCUT2D eigenvalue weighted by molar-refractivity contribution is 0.346. The van der Waals surface area contributed by atoms with Crippen molar-refractivity contribution in [2.45, 2.75) is 31.4 Å². The van der Waals surface area contributed by atoms with E-state index in [4.69, 9.17) is 0 Å². The van der Waals surface area contributed by atoms with Crippen molar-refractivity contribution >= 4 is 19.9 Å². The van der Waals surface area contributed by atoms with Crippen LogP contribution < -0.4 is 0 Å². The lowest BCUT2D eigenvalue weighted by atomic mass is 10.2. The van der Waals surface area contributed by atoms with Crippen molar-refractivity contribution in [3.63, 3.8) is 0 Å². The van der Waals surface area contributed by atoms with Crippen molar-refractivity contribution < 1.29 is 16.8 Å². The molecule has 1 fully saturated rings. The minimum absolute atomic E-state index is 0.149. The van der Waals surface area contributed by atoms with Crippen molar-refractivity contribution in [2.75, 3.05) is 25.1 Å². The molecule has 1 aliphatic heterocycles. The van der Waals surface area contributed by atoms with E-state index < -0.39 is 19.9 Å². The van der Waals surface area contributed by atoms with Crippen molar-refractivity contribution in [2.24, 2.45) is 0 Å². The molecular formula is C9H19NO4S2. The third kappa shape index (κ3) is 3.43. The van der Waals surface area contributed by atoms with Gasteiger partial charge in [0.05, 0.1) is 11.0 Å². The van der Waals surface area contributed by atoms with Gasteiger partial charge in [-0.1, -0.05) is 6.92 Å². The van der Waals surface area contributed by atoms with Gasteiger partial charge in [0, 0.05) is 19.3 Å². The Morgan fingerprint density at radius 3 is 2.00 bits per heavy atom. The smallest absolute Gasteiger partial charge is 0.214 e. The number of hydrogen-bond donors (Lipinski definition) is 0. The zero-order valence-corrected chi connectivity index (χ0v) is 11.3. The molecule has 0 atom stereocenters. The molecule has 0 aromatic carbocycles. The molecule has 1 saturated heterocycles. The molecule has 96 valence electrons. The van der Waals surface area contributed by atoms with Crippen molar-refractivity contribution in [1.29, 1.82) is 0 Å². The first-order valence-corrected chi connectivity index (χ1v) is 9.00. The minimum Gasteiger partial charge on any atom is -0.229 e. The third-order valence-electron chi connectivity index (χ3n) is 2.86. The average molecular weight is 269 g/mol. The topological polar surface area (TPSA) is 71.5 Å². The maximum Gasteiger partial charge on any atom is 0.214 e. The van der Waals surface area contributed by atoms with Crippen LogP contribution >= 0.6 is 0 Å². The maximum atomic E-state index is 11.7. The van der Waals surface area contributed by atoms with Crippen molar-refractivity contribution in [3.05, 3.63) is 0 Å². The fourth-order valence-corrected chi connectivity index (χ4v) is 4.53. The fourth-order valence-electron chi connectivity index (χ4n) is 1.93. The van der Waals surface area contributed by atoms with Gasteiger partial charge in [0.25, 0.3) is 0 Å². The van der Waals surface area contributed by atoms with Crippen LogP contribution in [0, 0.1) is 0 Å². The summed E-state index contributed by atoms with van der Waals surface area (Å²) >= 11 is 0. The van der Waals surface area contributed by atoms with E-state index in [0.717, 1.165) is 0 Å². The highest BCUT2D eigenvalue weighted by Crippen LogP contribution is 2.19. The molecule has 0 amide bonds. The monoisotopic (exact) mass is 269 g/mol. The molecule has 0 saturated carbocycles.